The first kappa shape index (κ1) is 78.0. The van der Waals surface area contributed by atoms with Crippen LogP contribution >= 0.6 is 0 Å². The molecule has 3 heterocycles. The lowest BCUT2D eigenvalue weighted by atomic mass is 10.1. The molecule has 0 aliphatic carbocycles. The standard InChI is InChI=1S/C30H30N2O3.2C29H27N3O5/c1-23-11-14-26(15-12-23)30(33)32(19-17-27-10-6-7-18-31-27)21-25-13-16-28(29(20-25)34-2)35-22-24-8-4-3-5-9-24;1-36-28-19-23(14-15-27(28)37-21-22-9-3-2-4-10-22)20-31(18-16-24-11-7-8-17-30-24)29(33)25-12-5-6-13-26(25)32(34)35;1-36-28-18-23(13-14-27(28)37-21-22-8-3-2-4-9-22)20-31(17-15-25-11-5-6-16-30-25)29(33)24-10-7-12-26(19-24)32(34)35/h3-16,18,20H,17,19,21-22H2,1-2H3;2-15,17,19H,16,18,20-21H2,1H3;2-14,16,18-19H,15,17,20-21H2,1H3. The zero-order chi connectivity index (χ0) is 76.5. The van der Waals surface area contributed by atoms with Crippen molar-refractivity contribution in [2.24, 2.45) is 0 Å². The van der Waals surface area contributed by atoms with Gasteiger partial charge >= 0.3 is 0 Å². The quantitative estimate of drug-likeness (QED) is 0.0281. The summed E-state index contributed by atoms with van der Waals surface area (Å²) in [5.74, 6) is 2.85. The summed E-state index contributed by atoms with van der Waals surface area (Å²) < 4.78 is 34.6. The van der Waals surface area contributed by atoms with Crippen molar-refractivity contribution in [3.8, 4) is 34.5 Å². The Hall–Kier alpha value is -13.6. The molecule has 109 heavy (non-hydrogen) atoms. The van der Waals surface area contributed by atoms with Gasteiger partial charge in [-0.15, -0.1) is 0 Å². The van der Waals surface area contributed by atoms with Gasteiger partial charge in [0.25, 0.3) is 29.1 Å². The van der Waals surface area contributed by atoms with Gasteiger partial charge in [-0.25, -0.2) is 0 Å². The second-order valence-corrected chi connectivity index (χ2v) is 25.1. The van der Waals surface area contributed by atoms with Gasteiger partial charge in [-0.1, -0.05) is 163 Å². The molecule has 12 rings (SSSR count). The van der Waals surface area contributed by atoms with Crippen molar-refractivity contribution in [1.29, 1.82) is 0 Å². The van der Waals surface area contributed by atoms with Crippen LogP contribution in [0.2, 0.25) is 0 Å². The minimum Gasteiger partial charge on any atom is -0.493 e. The van der Waals surface area contributed by atoms with Gasteiger partial charge in [0, 0.05) is 124 Å². The zero-order valence-electron chi connectivity index (χ0n) is 61.1. The van der Waals surface area contributed by atoms with Crippen LogP contribution in [0.3, 0.4) is 0 Å². The number of methoxy groups -OCH3 is 3. The van der Waals surface area contributed by atoms with Gasteiger partial charge in [0.1, 0.15) is 25.4 Å². The van der Waals surface area contributed by atoms with E-state index < -0.39 is 15.8 Å². The van der Waals surface area contributed by atoms with E-state index in [1.165, 1.54) is 30.3 Å². The maximum Gasteiger partial charge on any atom is 0.282 e. The van der Waals surface area contributed by atoms with E-state index in [1.807, 2.05) is 236 Å². The van der Waals surface area contributed by atoms with Crippen molar-refractivity contribution in [2.45, 2.75) is 65.6 Å². The highest BCUT2D eigenvalue weighted by molar-refractivity contribution is 5.98. The Morgan fingerprint density at radius 1 is 0.349 bits per heavy atom. The van der Waals surface area contributed by atoms with Crippen LogP contribution in [0.15, 0.2) is 292 Å². The largest absolute Gasteiger partial charge is 0.493 e. The third-order valence-electron chi connectivity index (χ3n) is 17.4. The number of aryl methyl sites for hydroxylation is 1. The van der Waals surface area contributed by atoms with E-state index >= 15 is 0 Å². The van der Waals surface area contributed by atoms with Gasteiger partial charge in [-0.3, -0.25) is 49.6 Å². The summed E-state index contributed by atoms with van der Waals surface area (Å²) in [6.45, 7) is 5.49. The molecule has 0 aliphatic rings. The number of rotatable bonds is 32. The first-order chi connectivity index (χ1) is 53.2. The zero-order valence-corrected chi connectivity index (χ0v) is 61.1. The molecular formula is C88H84N8O13. The minimum atomic E-state index is -0.536. The van der Waals surface area contributed by atoms with Crippen LogP contribution in [0, 0.1) is 27.2 Å². The predicted octanol–water partition coefficient (Wildman–Crippen LogP) is 16.8. The number of nitro benzene ring substituents is 2. The number of pyridine rings is 3. The fourth-order valence-electron chi connectivity index (χ4n) is 11.6. The Balaban J connectivity index is 0.000000174. The lowest BCUT2D eigenvalue weighted by Gasteiger charge is -2.24. The molecule has 0 N–H and O–H groups in total. The van der Waals surface area contributed by atoms with Crippen LogP contribution in [0.25, 0.3) is 0 Å². The van der Waals surface area contributed by atoms with Crippen LogP contribution in [0.4, 0.5) is 11.4 Å². The fraction of sp³-hybridized carbons (Fsp3) is 0.182. The van der Waals surface area contributed by atoms with Crippen molar-refractivity contribution < 1.29 is 52.7 Å². The smallest absolute Gasteiger partial charge is 0.282 e. The second-order valence-electron chi connectivity index (χ2n) is 25.1. The van der Waals surface area contributed by atoms with E-state index in [0.717, 1.165) is 56.0 Å². The molecule has 0 bridgehead atoms. The lowest BCUT2D eigenvalue weighted by molar-refractivity contribution is -0.385. The monoisotopic (exact) mass is 1460 g/mol. The predicted molar refractivity (Wildman–Crippen MR) is 417 cm³/mol. The summed E-state index contributed by atoms with van der Waals surface area (Å²) in [5, 5.41) is 22.8. The van der Waals surface area contributed by atoms with E-state index in [-0.39, 0.29) is 47.4 Å². The molecule has 9 aromatic carbocycles. The molecule has 0 atom stereocenters. The molecule has 0 radical (unpaired) electrons. The van der Waals surface area contributed by atoms with E-state index in [4.69, 9.17) is 28.4 Å². The number of ether oxygens (including phenoxy) is 6. The van der Waals surface area contributed by atoms with Gasteiger partial charge in [0.05, 0.1) is 31.2 Å². The number of hydrogen-bond acceptors (Lipinski definition) is 16. The molecular weight excluding hydrogens is 1380 g/mol. The Bertz CT molecular complexity index is 4900. The first-order valence-electron chi connectivity index (χ1n) is 35.3. The number of amides is 3. The van der Waals surface area contributed by atoms with Crippen molar-refractivity contribution in [3.05, 3.63) is 385 Å². The minimum absolute atomic E-state index is 0.00991. The van der Waals surface area contributed by atoms with Crippen LogP contribution in [0.1, 0.15) is 87.1 Å². The summed E-state index contributed by atoms with van der Waals surface area (Å²) >= 11 is 0. The molecule has 0 fully saturated rings. The van der Waals surface area contributed by atoms with Crippen molar-refractivity contribution in [3.63, 3.8) is 0 Å². The van der Waals surface area contributed by atoms with Crippen molar-refractivity contribution in [2.75, 3.05) is 41.0 Å². The number of nitrogens with zero attached hydrogens (tertiary/aromatic N) is 8. The molecule has 554 valence electrons. The highest BCUT2D eigenvalue weighted by Gasteiger charge is 2.26. The number of aromatic nitrogens is 3. The molecule has 3 aromatic heterocycles. The summed E-state index contributed by atoms with van der Waals surface area (Å²) in [6.07, 6.45) is 6.90. The van der Waals surface area contributed by atoms with Crippen LogP contribution in [0.5, 0.6) is 34.5 Å². The van der Waals surface area contributed by atoms with E-state index in [1.54, 1.807) is 67.9 Å². The van der Waals surface area contributed by atoms with Gasteiger partial charge < -0.3 is 43.1 Å². The average molecular weight is 1460 g/mol. The molecule has 3 amide bonds. The Kier molecular flexibility index (Phi) is 29.1. The van der Waals surface area contributed by atoms with Gasteiger partial charge in [-0.05, 0) is 137 Å². The SMILES string of the molecule is COc1cc(CN(CCc2ccccn2)C(=O)c2ccc(C)cc2)ccc1OCc1ccccc1.COc1cc(CN(CCc2ccccn2)C(=O)c2cccc([N+](=O)[O-])c2)ccc1OCc1ccccc1.COc1cc(CN(CCc2ccccn2)C(=O)c2ccccc2[N+](=O)[O-])ccc1OCc1ccccc1. The number of carbonyl (C=O) groups is 3. The van der Waals surface area contributed by atoms with E-state index in [2.05, 4.69) is 15.0 Å². The average Bonchev–Trinajstić information content (AvgIpc) is 0.855. The molecule has 0 saturated carbocycles. The summed E-state index contributed by atoms with van der Waals surface area (Å²) in [7, 11) is 4.76. The normalized spacial score (nSPS) is 10.5. The summed E-state index contributed by atoms with van der Waals surface area (Å²) in [6, 6.07) is 83.1. The molecule has 12 aromatic rings. The van der Waals surface area contributed by atoms with Crippen LogP contribution < -0.4 is 28.4 Å². The molecule has 21 nitrogen and oxygen atoms in total. The highest BCUT2D eigenvalue weighted by Crippen LogP contribution is 2.34. The third-order valence-corrected chi connectivity index (χ3v) is 17.4. The summed E-state index contributed by atoms with van der Waals surface area (Å²) in [5.41, 5.74) is 10.1. The fourth-order valence-corrected chi connectivity index (χ4v) is 11.6. The molecule has 0 spiro atoms. The number of benzene rings is 9. The molecule has 0 aliphatic heterocycles. The van der Waals surface area contributed by atoms with Gasteiger partial charge in [0.2, 0.25) is 0 Å². The number of para-hydroxylation sites is 1. The molecule has 21 heteroatoms. The van der Waals surface area contributed by atoms with Crippen molar-refractivity contribution in [1.82, 2.24) is 29.7 Å². The number of carbonyl (C=O) groups excluding carboxylic acids is 3. The van der Waals surface area contributed by atoms with Crippen LogP contribution in [-0.4, -0.2) is 98.2 Å². The topological polar surface area (TPSA) is 241 Å². The van der Waals surface area contributed by atoms with Crippen molar-refractivity contribution >= 4 is 29.1 Å². The number of hydrogen-bond donors (Lipinski definition) is 0. The first-order valence-corrected chi connectivity index (χ1v) is 35.3. The molecule has 0 saturated heterocycles. The van der Waals surface area contributed by atoms with Gasteiger partial charge in [0.15, 0.2) is 34.5 Å². The van der Waals surface area contributed by atoms with Crippen LogP contribution in [-0.2, 0) is 58.7 Å². The third kappa shape index (κ3) is 23.7. The maximum absolute atomic E-state index is 13.5. The Labute approximate surface area is 633 Å². The Morgan fingerprint density at radius 2 is 0.716 bits per heavy atom. The highest BCUT2D eigenvalue weighted by atomic mass is 16.6. The number of non-ortho nitro benzene ring substituents is 1. The Morgan fingerprint density at radius 3 is 1.08 bits per heavy atom. The summed E-state index contributed by atoms with van der Waals surface area (Å²) in [4.78, 5) is 80.4. The second kappa shape index (κ2) is 40.6. The molecule has 0 unspecified atom stereocenters. The van der Waals surface area contributed by atoms with E-state index in [0.29, 0.717) is 105 Å². The van der Waals surface area contributed by atoms with E-state index in [9.17, 15) is 34.6 Å². The number of nitro groups is 2. The van der Waals surface area contributed by atoms with Gasteiger partial charge in [-0.2, -0.15) is 0 Å². The maximum atomic E-state index is 13.5. The lowest BCUT2D eigenvalue weighted by Crippen LogP contribution is -2.33.